The number of benzene rings is 1. The third-order valence-electron chi connectivity index (χ3n) is 3.12. The van der Waals surface area contributed by atoms with Crippen LogP contribution in [0.4, 0.5) is 0 Å². The number of nitrogens with one attached hydrogen (secondary N) is 2. The number of para-hydroxylation sites is 1. The second kappa shape index (κ2) is 6.21. The molecule has 20 heavy (non-hydrogen) atoms. The number of rotatable bonds is 6. The lowest BCUT2D eigenvalue weighted by atomic mass is 10.1. The van der Waals surface area contributed by atoms with Gasteiger partial charge < -0.3 is 21.8 Å². The van der Waals surface area contributed by atoms with Crippen molar-refractivity contribution in [3.05, 3.63) is 36.0 Å². The number of primary amides is 1. The summed E-state index contributed by atoms with van der Waals surface area (Å²) in [7, 11) is 0. The van der Waals surface area contributed by atoms with Gasteiger partial charge in [-0.2, -0.15) is 0 Å². The number of aromatic amines is 1. The minimum absolute atomic E-state index is 0.117. The van der Waals surface area contributed by atoms with Crippen LogP contribution in [0.1, 0.15) is 12.0 Å². The van der Waals surface area contributed by atoms with Crippen molar-refractivity contribution < 1.29 is 9.59 Å². The van der Waals surface area contributed by atoms with Crippen LogP contribution in [0.5, 0.6) is 0 Å². The summed E-state index contributed by atoms with van der Waals surface area (Å²) in [5.74, 6) is -0.730. The molecule has 1 atom stereocenters. The maximum Gasteiger partial charge on any atom is 0.237 e. The highest BCUT2D eigenvalue weighted by atomic mass is 16.2. The van der Waals surface area contributed by atoms with Gasteiger partial charge in [0.05, 0.1) is 6.04 Å². The van der Waals surface area contributed by atoms with Crippen LogP contribution in [0, 0.1) is 0 Å². The predicted molar refractivity (Wildman–Crippen MR) is 76.8 cm³/mol. The third kappa shape index (κ3) is 3.36. The first-order valence-electron chi connectivity index (χ1n) is 6.44. The predicted octanol–water partition coefficient (Wildman–Crippen LogP) is 0.0293. The van der Waals surface area contributed by atoms with Crippen molar-refractivity contribution in [1.82, 2.24) is 10.3 Å². The molecule has 0 radical (unpaired) electrons. The number of carbonyl (C=O) groups excluding carboxylic acids is 2. The van der Waals surface area contributed by atoms with Gasteiger partial charge in [0.1, 0.15) is 0 Å². The van der Waals surface area contributed by atoms with Crippen LogP contribution in [-0.4, -0.2) is 29.4 Å². The molecule has 0 fully saturated rings. The van der Waals surface area contributed by atoms with Crippen LogP contribution >= 0.6 is 0 Å². The van der Waals surface area contributed by atoms with Gasteiger partial charge in [-0.3, -0.25) is 9.59 Å². The van der Waals surface area contributed by atoms with Crippen LogP contribution in [0.25, 0.3) is 10.9 Å². The molecule has 2 amide bonds. The highest BCUT2D eigenvalue weighted by molar-refractivity contribution is 5.86. The van der Waals surface area contributed by atoms with Gasteiger partial charge in [-0.05, 0) is 18.1 Å². The Balaban J connectivity index is 1.95. The number of H-pyrrole nitrogens is 1. The molecule has 6 nitrogen and oxygen atoms in total. The van der Waals surface area contributed by atoms with E-state index >= 15 is 0 Å². The van der Waals surface area contributed by atoms with Crippen LogP contribution in [0.2, 0.25) is 0 Å². The number of carbonyl (C=O) groups is 2. The molecule has 6 heteroatoms. The zero-order chi connectivity index (χ0) is 14.5. The van der Waals surface area contributed by atoms with E-state index in [0.717, 1.165) is 16.5 Å². The van der Waals surface area contributed by atoms with Crippen molar-refractivity contribution in [3.63, 3.8) is 0 Å². The van der Waals surface area contributed by atoms with Gasteiger partial charge in [0.25, 0.3) is 0 Å². The lowest BCUT2D eigenvalue weighted by Crippen LogP contribution is -2.42. The average Bonchev–Trinajstić information content (AvgIpc) is 2.81. The Hall–Kier alpha value is -2.34. The highest BCUT2D eigenvalue weighted by Crippen LogP contribution is 2.18. The molecule has 1 aromatic heterocycles. The number of nitrogens with two attached hydrogens (primary N) is 2. The summed E-state index contributed by atoms with van der Waals surface area (Å²) in [6.45, 7) is 0.218. The normalized spacial score (nSPS) is 12.2. The molecule has 0 spiro atoms. The molecule has 106 valence electrons. The molecule has 0 aliphatic rings. The van der Waals surface area contributed by atoms with E-state index in [1.54, 1.807) is 0 Å². The molecule has 6 N–H and O–H groups in total. The Labute approximate surface area is 116 Å². The maximum atomic E-state index is 11.8. The van der Waals surface area contributed by atoms with Crippen molar-refractivity contribution in [1.29, 1.82) is 0 Å². The topological polar surface area (TPSA) is 114 Å². The van der Waals surface area contributed by atoms with E-state index in [4.69, 9.17) is 11.5 Å². The van der Waals surface area contributed by atoms with Gasteiger partial charge in [-0.1, -0.05) is 18.2 Å². The summed E-state index contributed by atoms with van der Waals surface area (Å²) in [6, 6.07) is 7.19. The fraction of sp³-hybridized carbons (Fsp3) is 0.286. The Bertz CT molecular complexity index is 620. The first-order valence-corrected chi connectivity index (χ1v) is 6.44. The largest absolute Gasteiger partial charge is 0.370 e. The standard InChI is InChI=1S/C14H18N4O2/c15-11(14(20)17-6-5-13(16)19)7-9-8-18-12-4-2-1-3-10(9)12/h1-4,8,11,18H,5-7,15H2,(H2,16,19)(H,17,20)/t11-/m1/s1. The molecule has 2 rings (SSSR count). The summed E-state index contributed by atoms with van der Waals surface area (Å²) < 4.78 is 0. The number of hydrogen-bond donors (Lipinski definition) is 4. The van der Waals surface area contributed by atoms with Crippen LogP contribution in [0.15, 0.2) is 30.5 Å². The molecule has 0 unspecified atom stereocenters. The van der Waals surface area contributed by atoms with Crippen molar-refractivity contribution in [3.8, 4) is 0 Å². The molecular formula is C14H18N4O2. The number of aromatic nitrogens is 1. The molecule has 0 saturated heterocycles. The first kappa shape index (κ1) is 14.1. The summed E-state index contributed by atoms with van der Waals surface area (Å²) in [6.07, 6.45) is 2.42. The molecule has 0 bridgehead atoms. The third-order valence-corrected chi connectivity index (χ3v) is 3.12. The Morgan fingerprint density at radius 2 is 2.05 bits per heavy atom. The van der Waals surface area contributed by atoms with Crippen LogP contribution in [0.3, 0.4) is 0 Å². The molecule has 0 aliphatic carbocycles. The Morgan fingerprint density at radius 1 is 1.30 bits per heavy atom. The van der Waals surface area contributed by atoms with Crippen molar-refractivity contribution >= 4 is 22.7 Å². The van der Waals surface area contributed by atoms with Gasteiger partial charge >= 0.3 is 0 Å². The smallest absolute Gasteiger partial charge is 0.237 e. The number of amides is 2. The fourth-order valence-corrected chi connectivity index (χ4v) is 2.07. The van der Waals surface area contributed by atoms with E-state index in [9.17, 15) is 9.59 Å². The molecule has 0 saturated carbocycles. The van der Waals surface area contributed by atoms with Crippen LogP contribution < -0.4 is 16.8 Å². The zero-order valence-electron chi connectivity index (χ0n) is 11.1. The highest BCUT2D eigenvalue weighted by Gasteiger charge is 2.15. The van der Waals surface area contributed by atoms with Gasteiger partial charge in [0.15, 0.2) is 0 Å². The second-order valence-electron chi connectivity index (χ2n) is 4.68. The van der Waals surface area contributed by atoms with E-state index in [-0.39, 0.29) is 18.9 Å². The fourth-order valence-electron chi connectivity index (χ4n) is 2.07. The SMILES string of the molecule is NC(=O)CCNC(=O)[C@H](N)Cc1c[nH]c2ccccc12. The summed E-state index contributed by atoms with van der Waals surface area (Å²) in [5, 5.41) is 3.66. The molecular weight excluding hydrogens is 256 g/mol. The van der Waals surface area contributed by atoms with Gasteiger partial charge in [0.2, 0.25) is 11.8 Å². The minimum atomic E-state index is -0.651. The van der Waals surface area contributed by atoms with Crippen molar-refractivity contribution in [2.24, 2.45) is 11.5 Å². The van der Waals surface area contributed by atoms with E-state index in [0.29, 0.717) is 6.42 Å². The van der Waals surface area contributed by atoms with E-state index in [2.05, 4.69) is 10.3 Å². The lowest BCUT2D eigenvalue weighted by molar-refractivity contribution is -0.122. The van der Waals surface area contributed by atoms with Gasteiger partial charge in [0, 0.05) is 30.1 Å². The Morgan fingerprint density at radius 3 is 2.80 bits per heavy atom. The van der Waals surface area contributed by atoms with Gasteiger partial charge in [-0.15, -0.1) is 0 Å². The van der Waals surface area contributed by atoms with Crippen LogP contribution in [-0.2, 0) is 16.0 Å². The monoisotopic (exact) mass is 274 g/mol. The van der Waals surface area contributed by atoms with E-state index in [1.165, 1.54) is 0 Å². The first-order chi connectivity index (χ1) is 9.58. The molecule has 1 aromatic carbocycles. The number of fused-ring (bicyclic) bond motifs is 1. The summed E-state index contributed by atoms with van der Waals surface area (Å²) >= 11 is 0. The summed E-state index contributed by atoms with van der Waals surface area (Å²) in [4.78, 5) is 25.5. The average molecular weight is 274 g/mol. The Kier molecular flexibility index (Phi) is 4.37. The summed E-state index contributed by atoms with van der Waals surface area (Å²) in [5.41, 5.74) is 12.9. The molecule has 0 aliphatic heterocycles. The van der Waals surface area contributed by atoms with E-state index in [1.807, 2.05) is 30.5 Å². The maximum absolute atomic E-state index is 11.8. The molecule has 2 aromatic rings. The second-order valence-corrected chi connectivity index (χ2v) is 4.68. The van der Waals surface area contributed by atoms with E-state index < -0.39 is 11.9 Å². The lowest BCUT2D eigenvalue weighted by Gasteiger charge is -2.11. The van der Waals surface area contributed by atoms with Crippen molar-refractivity contribution in [2.75, 3.05) is 6.54 Å². The molecule has 1 heterocycles. The quantitative estimate of drug-likeness (QED) is 0.595. The van der Waals surface area contributed by atoms with Crippen molar-refractivity contribution in [2.45, 2.75) is 18.9 Å². The zero-order valence-corrected chi connectivity index (χ0v) is 11.1. The minimum Gasteiger partial charge on any atom is -0.370 e. The number of hydrogen-bond acceptors (Lipinski definition) is 3. The van der Waals surface area contributed by atoms with Gasteiger partial charge in [-0.25, -0.2) is 0 Å².